The second-order valence-electron chi connectivity index (χ2n) is 5.93. The van der Waals surface area contributed by atoms with Gasteiger partial charge in [0.15, 0.2) is 0 Å². The largest absolute Gasteiger partial charge is 0.326 e. The maximum Gasteiger partial charge on any atom is 0.0644 e. The summed E-state index contributed by atoms with van der Waals surface area (Å²) in [5.41, 5.74) is 10.3. The molecule has 4 heteroatoms. The zero-order valence-electron chi connectivity index (χ0n) is 11.7. The van der Waals surface area contributed by atoms with Crippen molar-refractivity contribution in [1.82, 2.24) is 14.7 Å². The molecule has 0 spiro atoms. The van der Waals surface area contributed by atoms with E-state index in [1.807, 2.05) is 11.7 Å². The van der Waals surface area contributed by atoms with Crippen molar-refractivity contribution in [3.63, 3.8) is 0 Å². The number of hydrogen-bond acceptors (Lipinski definition) is 3. The fourth-order valence-corrected chi connectivity index (χ4v) is 3.47. The number of aryl methyl sites for hydroxylation is 2. The minimum atomic E-state index is 0.265. The first-order chi connectivity index (χ1) is 8.59. The van der Waals surface area contributed by atoms with E-state index in [2.05, 4.69) is 23.8 Å². The van der Waals surface area contributed by atoms with Crippen LogP contribution in [0.15, 0.2) is 0 Å². The van der Waals surface area contributed by atoms with Gasteiger partial charge in [-0.2, -0.15) is 5.10 Å². The third kappa shape index (κ3) is 1.88. The van der Waals surface area contributed by atoms with Crippen molar-refractivity contribution in [2.24, 2.45) is 12.8 Å². The molecular weight excluding hydrogens is 224 g/mol. The molecule has 3 rings (SSSR count). The second-order valence-corrected chi connectivity index (χ2v) is 5.93. The Morgan fingerprint density at radius 3 is 2.50 bits per heavy atom. The molecule has 1 aromatic heterocycles. The van der Waals surface area contributed by atoms with Gasteiger partial charge in [0.1, 0.15) is 0 Å². The van der Waals surface area contributed by atoms with Crippen molar-refractivity contribution in [3.05, 3.63) is 17.0 Å². The highest BCUT2D eigenvalue weighted by molar-refractivity contribution is 5.30. The maximum absolute atomic E-state index is 6.44. The summed E-state index contributed by atoms with van der Waals surface area (Å²) in [7, 11) is 2.03. The van der Waals surface area contributed by atoms with Gasteiger partial charge in [0.25, 0.3) is 0 Å². The Hall–Kier alpha value is -0.870. The molecule has 4 nitrogen and oxygen atoms in total. The average molecular weight is 248 g/mol. The van der Waals surface area contributed by atoms with Gasteiger partial charge in [-0.3, -0.25) is 9.58 Å². The molecule has 2 N–H and O–H groups in total. The van der Waals surface area contributed by atoms with E-state index in [0.29, 0.717) is 6.04 Å². The van der Waals surface area contributed by atoms with E-state index < -0.39 is 0 Å². The number of nitrogens with zero attached hydrogens (tertiary/aromatic N) is 3. The van der Waals surface area contributed by atoms with Gasteiger partial charge in [0.2, 0.25) is 0 Å². The van der Waals surface area contributed by atoms with Gasteiger partial charge in [-0.15, -0.1) is 0 Å². The van der Waals surface area contributed by atoms with E-state index in [4.69, 9.17) is 5.73 Å². The molecular formula is C14H24N4. The van der Waals surface area contributed by atoms with Crippen molar-refractivity contribution in [2.75, 3.05) is 6.54 Å². The van der Waals surface area contributed by atoms with Gasteiger partial charge in [0.05, 0.1) is 11.7 Å². The Kier molecular flexibility index (Phi) is 2.94. The molecule has 100 valence electrons. The predicted octanol–water partition coefficient (Wildman–Crippen LogP) is 1.66. The summed E-state index contributed by atoms with van der Waals surface area (Å²) in [5, 5.41) is 4.57. The first kappa shape index (κ1) is 12.2. The van der Waals surface area contributed by atoms with Crippen molar-refractivity contribution in [2.45, 2.75) is 57.7 Å². The summed E-state index contributed by atoms with van der Waals surface area (Å²) in [6, 6.07) is 1.43. The Balaban J connectivity index is 1.99. The molecule has 2 fully saturated rings. The molecule has 2 atom stereocenters. The molecule has 2 heterocycles. The van der Waals surface area contributed by atoms with Crippen molar-refractivity contribution >= 4 is 0 Å². The lowest BCUT2D eigenvalue weighted by molar-refractivity contribution is 0.119. The van der Waals surface area contributed by atoms with Crippen molar-refractivity contribution in [1.29, 1.82) is 0 Å². The van der Waals surface area contributed by atoms with Gasteiger partial charge in [-0.25, -0.2) is 0 Å². The molecule has 1 saturated carbocycles. The van der Waals surface area contributed by atoms with Crippen LogP contribution in [0.1, 0.15) is 48.7 Å². The van der Waals surface area contributed by atoms with Crippen LogP contribution < -0.4 is 5.73 Å². The van der Waals surface area contributed by atoms with Gasteiger partial charge in [-0.05, 0) is 46.1 Å². The van der Waals surface area contributed by atoms with E-state index >= 15 is 0 Å². The van der Waals surface area contributed by atoms with Crippen molar-refractivity contribution < 1.29 is 0 Å². The highest BCUT2D eigenvalue weighted by Gasteiger charge is 2.41. The molecule has 1 aromatic rings. The van der Waals surface area contributed by atoms with Crippen LogP contribution in [0.3, 0.4) is 0 Å². The zero-order valence-corrected chi connectivity index (χ0v) is 11.7. The fourth-order valence-electron chi connectivity index (χ4n) is 3.47. The zero-order chi connectivity index (χ0) is 12.9. The first-order valence-corrected chi connectivity index (χ1v) is 7.11. The molecule has 1 saturated heterocycles. The van der Waals surface area contributed by atoms with Gasteiger partial charge < -0.3 is 5.73 Å². The number of nitrogens with two attached hydrogens (primary N) is 1. The normalized spacial score (nSPS) is 29.8. The van der Waals surface area contributed by atoms with Crippen molar-refractivity contribution in [3.8, 4) is 0 Å². The molecule has 1 aliphatic carbocycles. The summed E-state index contributed by atoms with van der Waals surface area (Å²) in [5.74, 6) is 0. The van der Waals surface area contributed by atoms with E-state index in [1.54, 1.807) is 0 Å². The highest BCUT2D eigenvalue weighted by atomic mass is 15.3. The summed E-state index contributed by atoms with van der Waals surface area (Å²) >= 11 is 0. The smallest absolute Gasteiger partial charge is 0.0644 e. The Bertz CT molecular complexity index is 447. The van der Waals surface area contributed by atoms with E-state index in [0.717, 1.165) is 18.2 Å². The van der Waals surface area contributed by atoms with Crippen LogP contribution in [0.5, 0.6) is 0 Å². The number of hydrogen-bond donors (Lipinski definition) is 1. The quantitative estimate of drug-likeness (QED) is 0.866. The Morgan fingerprint density at radius 2 is 1.94 bits per heavy atom. The van der Waals surface area contributed by atoms with E-state index in [1.165, 1.54) is 37.1 Å². The summed E-state index contributed by atoms with van der Waals surface area (Å²) in [6.07, 6.45) is 5.08. The molecule has 18 heavy (non-hydrogen) atoms. The SMILES string of the molecule is Cc1nn(C)c(C)c1C1C(N)CCCN1C1CC1. The molecule has 2 aliphatic rings. The minimum Gasteiger partial charge on any atom is -0.326 e. The van der Waals surface area contributed by atoms with Crippen LogP contribution in [0.2, 0.25) is 0 Å². The van der Waals surface area contributed by atoms with Gasteiger partial charge in [-0.1, -0.05) is 0 Å². The lowest BCUT2D eigenvalue weighted by Gasteiger charge is -2.40. The van der Waals surface area contributed by atoms with Crippen LogP contribution in [-0.4, -0.2) is 33.3 Å². The monoisotopic (exact) mass is 248 g/mol. The fraction of sp³-hybridized carbons (Fsp3) is 0.786. The summed E-state index contributed by atoms with van der Waals surface area (Å²) < 4.78 is 2.00. The number of piperidine rings is 1. The highest BCUT2D eigenvalue weighted by Crippen LogP contribution is 2.40. The average Bonchev–Trinajstić information content (AvgIpc) is 3.11. The summed E-state index contributed by atoms with van der Waals surface area (Å²) in [4.78, 5) is 2.64. The predicted molar refractivity (Wildman–Crippen MR) is 72.4 cm³/mol. The number of rotatable bonds is 2. The third-order valence-electron chi connectivity index (χ3n) is 4.59. The first-order valence-electron chi connectivity index (χ1n) is 7.11. The lowest BCUT2D eigenvalue weighted by Crippen LogP contribution is -2.47. The van der Waals surface area contributed by atoms with E-state index in [9.17, 15) is 0 Å². The van der Waals surface area contributed by atoms with E-state index in [-0.39, 0.29) is 6.04 Å². The van der Waals surface area contributed by atoms with Crippen LogP contribution in [0, 0.1) is 13.8 Å². The second kappa shape index (κ2) is 4.35. The topological polar surface area (TPSA) is 47.1 Å². The molecule has 0 bridgehead atoms. The maximum atomic E-state index is 6.44. The van der Waals surface area contributed by atoms with Crippen LogP contribution in [0.25, 0.3) is 0 Å². The van der Waals surface area contributed by atoms with Crippen LogP contribution in [-0.2, 0) is 7.05 Å². The lowest BCUT2D eigenvalue weighted by atomic mass is 9.89. The van der Waals surface area contributed by atoms with Crippen LogP contribution in [0.4, 0.5) is 0 Å². The van der Waals surface area contributed by atoms with Crippen LogP contribution >= 0.6 is 0 Å². The van der Waals surface area contributed by atoms with Gasteiger partial charge in [0, 0.05) is 30.4 Å². The Morgan fingerprint density at radius 1 is 1.22 bits per heavy atom. The molecule has 0 aromatic carbocycles. The number of aromatic nitrogens is 2. The molecule has 1 aliphatic heterocycles. The minimum absolute atomic E-state index is 0.265. The summed E-state index contributed by atoms with van der Waals surface area (Å²) in [6.45, 7) is 5.49. The third-order valence-corrected chi connectivity index (χ3v) is 4.59. The van der Waals surface area contributed by atoms with Gasteiger partial charge >= 0.3 is 0 Å². The molecule has 0 radical (unpaired) electrons. The molecule has 2 unspecified atom stereocenters. The molecule has 0 amide bonds. The number of likely N-dealkylation sites (tertiary alicyclic amines) is 1. The standard InChI is InChI=1S/C14H24N4/c1-9-13(10(2)17(3)16-9)14-12(15)5-4-8-18(14)11-6-7-11/h11-12,14H,4-8,15H2,1-3H3. The Labute approximate surface area is 109 Å².